The molecule has 6 nitrogen and oxygen atoms in total. The fraction of sp³-hybridized carbons (Fsp3) is 0.562. The van der Waals surface area contributed by atoms with Gasteiger partial charge < -0.3 is 19.7 Å². The number of carbonyl (C=O) groups is 2. The van der Waals surface area contributed by atoms with Gasteiger partial charge in [-0.1, -0.05) is 6.92 Å². The first-order valence-corrected chi connectivity index (χ1v) is 8.97. The molecule has 0 aromatic carbocycles. The van der Waals surface area contributed by atoms with Gasteiger partial charge in [-0.2, -0.15) is 0 Å². The molecule has 1 fully saturated rings. The maximum atomic E-state index is 12.1. The number of esters is 2. The fourth-order valence-corrected chi connectivity index (χ4v) is 4.23. The van der Waals surface area contributed by atoms with Gasteiger partial charge in [0.15, 0.2) is 5.11 Å². The standard InChI is InChI=1S/C16H22N2O4S2/c1-9-6-5-7-18(8-9)16(23)17-13-11(14(19)21-3)10(2)12(24-13)15(20)22-4/h9H,5-8H2,1-4H3,(H,17,23). The lowest BCUT2D eigenvalue weighted by Gasteiger charge is -2.32. The second-order valence-corrected chi connectivity index (χ2v) is 7.27. The van der Waals surface area contributed by atoms with Gasteiger partial charge in [0.1, 0.15) is 9.88 Å². The van der Waals surface area contributed by atoms with Crippen molar-refractivity contribution in [3.8, 4) is 0 Å². The number of piperidine rings is 1. The normalized spacial score (nSPS) is 17.3. The van der Waals surface area contributed by atoms with Crippen molar-refractivity contribution >= 4 is 45.6 Å². The molecule has 0 aliphatic carbocycles. The van der Waals surface area contributed by atoms with E-state index >= 15 is 0 Å². The quantitative estimate of drug-likeness (QED) is 0.648. The van der Waals surface area contributed by atoms with E-state index in [-0.39, 0.29) is 0 Å². The summed E-state index contributed by atoms with van der Waals surface area (Å²) in [6, 6.07) is 0. The zero-order valence-electron chi connectivity index (χ0n) is 14.3. The van der Waals surface area contributed by atoms with Gasteiger partial charge in [0.2, 0.25) is 0 Å². The summed E-state index contributed by atoms with van der Waals surface area (Å²) < 4.78 is 9.63. The van der Waals surface area contributed by atoms with Crippen molar-refractivity contribution in [2.24, 2.45) is 5.92 Å². The van der Waals surface area contributed by atoms with Crippen LogP contribution in [-0.2, 0) is 9.47 Å². The molecule has 1 unspecified atom stereocenters. The molecule has 0 radical (unpaired) electrons. The number of ether oxygens (including phenoxy) is 2. The van der Waals surface area contributed by atoms with Crippen LogP contribution >= 0.6 is 23.6 Å². The van der Waals surface area contributed by atoms with Gasteiger partial charge in [0.05, 0.1) is 19.8 Å². The fourth-order valence-electron chi connectivity index (χ4n) is 2.79. The van der Waals surface area contributed by atoms with Gasteiger partial charge in [-0.3, -0.25) is 0 Å². The van der Waals surface area contributed by atoms with Crippen LogP contribution in [0.5, 0.6) is 0 Å². The van der Waals surface area contributed by atoms with E-state index in [2.05, 4.69) is 17.1 Å². The van der Waals surface area contributed by atoms with E-state index in [4.69, 9.17) is 21.7 Å². The number of carbonyl (C=O) groups excluding carboxylic acids is 2. The minimum Gasteiger partial charge on any atom is -0.465 e. The van der Waals surface area contributed by atoms with E-state index < -0.39 is 11.9 Å². The molecule has 0 amide bonds. The SMILES string of the molecule is COC(=O)c1sc(NC(=S)N2CCCC(C)C2)c(C(=O)OC)c1C. The topological polar surface area (TPSA) is 67.9 Å². The van der Waals surface area contributed by atoms with Gasteiger partial charge in [0.25, 0.3) is 0 Å². The van der Waals surface area contributed by atoms with Crippen molar-refractivity contribution in [2.45, 2.75) is 26.7 Å². The van der Waals surface area contributed by atoms with Gasteiger partial charge >= 0.3 is 11.9 Å². The Hall–Kier alpha value is -1.67. The Morgan fingerprint density at radius 1 is 1.29 bits per heavy atom. The molecule has 0 saturated carbocycles. The molecule has 132 valence electrons. The van der Waals surface area contributed by atoms with E-state index in [0.29, 0.717) is 32.0 Å². The van der Waals surface area contributed by atoms with E-state index in [1.807, 2.05) is 0 Å². The van der Waals surface area contributed by atoms with Crippen molar-refractivity contribution in [1.29, 1.82) is 0 Å². The molecule has 1 atom stereocenters. The first-order valence-electron chi connectivity index (χ1n) is 7.75. The number of hydrogen-bond acceptors (Lipinski definition) is 6. The second-order valence-electron chi connectivity index (χ2n) is 5.87. The van der Waals surface area contributed by atoms with E-state index in [9.17, 15) is 9.59 Å². The maximum Gasteiger partial charge on any atom is 0.348 e. The van der Waals surface area contributed by atoms with Gasteiger partial charge in [-0.25, -0.2) is 9.59 Å². The molecule has 2 rings (SSSR count). The lowest BCUT2D eigenvalue weighted by Crippen LogP contribution is -2.41. The highest BCUT2D eigenvalue weighted by Gasteiger charge is 2.27. The Labute approximate surface area is 151 Å². The van der Waals surface area contributed by atoms with Crippen molar-refractivity contribution < 1.29 is 19.1 Å². The number of hydrogen-bond donors (Lipinski definition) is 1. The minimum atomic E-state index is -0.504. The number of thiocarbonyl (C=S) groups is 1. The Morgan fingerprint density at radius 3 is 2.54 bits per heavy atom. The van der Waals surface area contributed by atoms with Crippen LogP contribution < -0.4 is 5.32 Å². The van der Waals surface area contributed by atoms with Crippen LogP contribution in [0.25, 0.3) is 0 Å². The summed E-state index contributed by atoms with van der Waals surface area (Å²) in [4.78, 5) is 26.5. The molecule has 24 heavy (non-hydrogen) atoms. The monoisotopic (exact) mass is 370 g/mol. The maximum absolute atomic E-state index is 12.1. The van der Waals surface area contributed by atoms with Gasteiger partial charge in [0, 0.05) is 13.1 Å². The smallest absolute Gasteiger partial charge is 0.348 e. The Kier molecular flexibility index (Phi) is 6.17. The summed E-state index contributed by atoms with van der Waals surface area (Å²) in [5, 5.41) is 4.20. The number of anilines is 1. The molecule has 1 aliphatic rings. The summed E-state index contributed by atoms with van der Waals surface area (Å²) in [7, 11) is 2.62. The number of nitrogens with one attached hydrogen (secondary N) is 1. The minimum absolute atomic E-state index is 0.329. The third kappa shape index (κ3) is 3.87. The third-order valence-electron chi connectivity index (χ3n) is 4.07. The van der Waals surface area contributed by atoms with Crippen molar-refractivity contribution in [2.75, 3.05) is 32.6 Å². The predicted octanol–water partition coefficient (Wildman–Crippen LogP) is 3.06. The lowest BCUT2D eigenvalue weighted by atomic mass is 10.0. The van der Waals surface area contributed by atoms with E-state index in [0.717, 1.165) is 30.8 Å². The second kappa shape index (κ2) is 7.94. The summed E-state index contributed by atoms with van der Waals surface area (Å²) >= 11 is 6.65. The number of likely N-dealkylation sites (tertiary alicyclic amines) is 1. The molecule has 1 N–H and O–H groups in total. The van der Waals surface area contributed by atoms with Crippen LogP contribution in [0.15, 0.2) is 0 Å². The number of thiophene rings is 1. The molecule has 8 heteroatoms. The van der Waals surface area contributed by atoms with Crippen LogP contribution in [0.3, 0.4) is 0 Å². The van der Waals surface area contributed by atoms with Crippen LogP contribution in [0.1, 0.15) is 45.4 Å². The first kappa shape index (κ1) is 18.7. The number of nitrogens with zero attached hydrogens (tertiary/aromatic N) is 1. The summed E-state index contributed by atoms with van der Waals surface area (Å²) in [6.07, 6.45) is 2.28. The van der Waals surface area contributed by atoms with Crippen LogP contribution in [-0.4, -0.2) is 49.3 Å². The molecule has 0 spiro atoms. The lowest BCUT2D eigenvalue weighted by molar-refractivity contribution is 0.0601. The predicted molar refractivity (Wildman–Crippen MR) is 97.9 cm³/mol. The molecule has 2 heterocycles. The van der Waals surface area contributed by atoms with Gasteiger partial charge in [-0.15, -0.1) is 11.3 Å². The molecule has 1 aliphatic heterocycles. The summed E-state index contributed by atoms with van der Waals surface area (Å²) in [6.45, 7) is 5.66. The highest BCUT2D eigenvalue weighted by Crippen LogP contribution is 2.34. The number of rotatable bonds is 3. The highest BCUT2D eigenvalue weighted by atomic mass is 32.1. The van der Waals surface area contributed by atoms with E-state index in [1.54, 1.807) is 6.92 Å². The van der Waals surface area contributed by atoms with Crippen LogP contribution in [0, 0.1) is 12.8 Å². The molecule has 0 bridgehead atoms. The Morgan fingerprint density at radius 2 is 1.96 bits per heavy atom. The van der Waals surface area contributed by atoms with Gasteiger partial charge in [-0.05, 0) is 43.5 Å². The molecule has 1 aromatic heterocycles. The zero-order valence-corrected chi connectivity index (χ0v) is 15.9. The third-order valence-corrected chi connectivity index (χ3v) is 5.62. The zero-order chi connectivity index (χ0) is 17.9. The highest BCUT2D eigenvalue weighted by molar-refractivity contribution is 7.80. The molecule has 1 saturated heterocycles. The average Bonchev–Trinajstić information content (AvgIpc) is 2.89. The Balaban J connectivity index is 2.29. The molecular weight excluding hydrogens is 348 g/mol. The molecular formula is C16H22N2O4S2. The van der Waals surface area contributed by atoms with Crippen molar-refractivity contribution in [3.05, 3.63) is 16.0 Å². The van der Waals surface area contributed by atoms with Crippen LogP contribution in [0.4, 0.5) is 5.00 Å². The molecule has 1 aromatic rings. The first-order chi connectivity index (χ1) is 11.4. The van der Waals surface area contributed by atoms with Crippen molar-refractivity contribution in [3.63, 3.8) is 0 Å². The average molecular weight is 370 g/mol. The largest absolute Gasteiger partial charge is 0.465 e. The number of methoxy groups -OCH3 is 2. The van der Waals surface area contributed by atoms with Crippen molar-refractivity contribution in [1.82, 2.24) is 4.90 Å². The Bertz CT molecular complexity index is 657. The van der Waals surface area contributed by atoms with Crippen LogP contribution in [0.2, 0.25) is 0 Å². The summed E-state index contributed by atoms with van der Waals surface area (Å²) in [5.74, 6) is -0.404. The summed E-state index contributed by atoms with van der Waals surface area (Å²) in [5.41, 5.74) is 0.867. The van der Waals surface area contributed by atoms with E-state index in [1.165, 1.54) is 20.6 Å².